The van der Waals surface area contributed by atoms with E-state index >= 15 is 0 Å². The first kappa shape index (κ1) is 22.1. The van der Waals surface area contributed by atoms with E-state index in [1.807, 2.05) is 37.3 Å². The number of methoxy groups -OCH3 is 1. The number of ether oxygens (including phenoxy) is 1. The molecule has 2 amide bonds. The number of rotatable bonds is 4. The second-order valence-corrected chi connectivity index (χ2v) is 9.69. The average Bonchev–Trinajstić information content (AvgIpc) is 3.40. The number of hydrogen-bond acceptors (Lipinski definition) is 5. The van der Waals surface area contributed by atoms with Gasteiger partial charge in [-0.15, -0.1) is 11.8 Å². The van der Waals surface area contributed by atoms with Crippen LogP contribution in [0.5, 0.6) is 5.75 Å². The second-order valence-electron chi connectivity index (χ2n) is 8.41. The lowest BCUT2D eigenvalue weighted by Gasteiger charge is -2.33. The summed E-state index contributed by atoms with van der Waals surface area (Å²) in [7, 11) is 1.56. The van der Waals surface area contributed by atoms with Crippen LogP contribution in [0.3, 0.4) is 0 Å². The normalized spacial score (nSPS) is 18.8. The first-order valence-corrected chi connectivity index (χ1v) is 12.0. The molecular weight excluding hydrogens is 446 g/mol. The van der Waals surface area contributed by atoms with E-state index in [4.69, 9.17) is 4.74 Å². The summed E-state index contributed by atoms with van der Waals surface area (Å²) in [6.07, 6.45) is 0. The molecule has 0 radical (unpaired) electrons. The van der Waals surface area contributed by atoms with Crippen LogP contribution < -0.4 is 9.64 Å². The Morgan fingerprint density at radius 2 is 1.97 bits per heavy atom. The molecular formula is C27H23N3O3S. The third-order valence-electron chi connectivity index (χ3n) is 6.31. The third-order valence-corrected chi connectivity index (χ3v) is 7.73. The van der Waals surface area contributed by atoms with Gasteiger partial charge in [0.05, 0.1) is 31.0 Å². The second kappa shape index (κ2) is 8.54. The molecule has 1 fully saturated rings. The van der Waals surface area contributed by atoms with E-state index in [0.29, 0.717) is 35.7 Å². The summed E-state index contributed by atoms with van der Waals surface area (Å²) < 4.78 is 5.31. The molecule has 6 nitrogen and oxygen atoms in total. The number of hydrogen-bond donors (Lipinski definition) is 0. The minimum absolute atomic E-state index is 0.130. The van der Waals surface area contributed by atoms with Crippen LogP contribution in [-0.2, 0) is 16.2 Å². The standard InChI is InChI=1S/C27H23N3O3S/c1-18-9-10-24-23(13-18)27(26(32)29(24)17-20-6-3-5-19(14-20)16-28)30(11-12-34-27)25(31)21-7-4-8-22(15-21)33-2/h3-10,13-15H,11-12,17H2,1-2H3. The first-order valence-electron chi connectivity index (χ1n) is 11.0. The molecule has 34 heavy (non-hydrogen) atoms. The molecule has 5 rings (SSSR count). The first-order chi connectivity index (χ1) is 16.5. The largest absolute Gasteiger partial charge is 0.497 e. The zero-order valence-corrected chi connectivity index (χ0v) is 19.8. The summed E-state index contributed by atoms with van der Waals surface area (Å²) in [5, 5.41) is 9.29. The fraction of sp³-hybridized carbons (Fsp3) is 0.222. The predicted molar refractivity (Wildman–Crippen MR) is 132 cm³/mol. The monoisotopic (exact) mass is 469 g/mol. The van der Waals surface area contributed by atoms with Crippen molar-refractivity contribution in [2.24, 2.45) is 0 Å². The van der Waals surface area contributed by atoms with Crippen molar-refractivity contribution in [2.45, 2.75) is 18.3 Å². The highest BCUT2D eigenvalue weighted by Crippen LogP contribution is 2.55. The molecule has 0 aliphatic carbocycles. The number of carbonyl (C=O) groups is 2. The maximum absolute atomic E-state index is 14.1. The number of thioether (sulfide) groups is 1. The summed E-state index contributed by atoms with van der Waals surface area (Å²) >= 11 is 1.51. The molecule has 0 saturated carbocycles. The molecule has 1 atom stereocenters. The summed E-state index contributed by atoms with van der Waals surface area (Å²) in [6.45, 7) is 2.79. The smallest absolute Gasteiger partial charge is 0.268 e. The quantitative estimate of drug-likeness (QED) is 0.564. The highest BCUT2D eigenvalue weighted by molar-refractivity contribution is 8.01. The molecule has 170 valence electrons. The number of amides is 2. The summed E-state index contributed by atoms with van der Waals surface area (Å²) in [5.41, 5.74) is 4.57. The van der Waals surface area contributed by atoms with Gasteiger partial charge >= 0.3 is 0 Å². The molecule has 7 heteroatoms. The van der Waals surface area contributed by atoms with Gasteiger partial charge in [0.1, 0.15) is 5.75 Å². The molecule has 3 aromatic carbocycles. The molecule has 1 spiro atoms. The van der Waals surface area contributed by atoms with Crippen molar-refractivity contribution >= 4 is 29.3 Å². The van der Waals surface area contributed by atoms with Crippen molar-refractivity contribution in [3.63, 3.8) is 0 Å². The van der Waals surface area contributed by atoms with Crippen LogP contribution in [0.1, 0.15) is 32.6 Å². The number of carbonyl (C=O) groups excluding carboxylic acids is 2. The van der Waals surface area contributed by atoms with Crippen molar-refractivity contribution in [3.8, 4) is 11.8 Å². The fourth-order valence-corrected chi connectivity index (χ4v) is 6.17. The molecule has 0 N–H and O–H groups in total. The van der Waals surface area contributed by atoms with Gasteiger partial charge in [0.2, 0.25) is 0 Å². The number of aryl methyl sites for hydroxylation is 1. The van der Waals surface area contributed by atoms with Crippen molar-refractivity contribution < 1.29 is 14.3 Å². The summed E-state index contributed by atoms with van der Waals surface area (Å²) in [5.74, 6) is 0.930. The van der Waals surface area contributed by atoms with Crippen LogP contribution >= 0.6 is 11.8 Å². The van der Waals surface area contributed by atoms with Crippen LogP contribution in [0, 0.1) is 18.3 Å². The van der Waals surface area contributed by atoms with Crippen LogP contribution in [0.4, 0.5) is 5.69 Å². The van der Waals surface area contributed by atoms with E-state index in [-0.39, 0.29) is 11.8 Å². The Hall–Kier alpha value is -3.76. The molecule has 1 unspecified atom stereocenters. The summed E-state index contributed by atoms with van der Waals surface area (Å²) in [4.78, 5) is 30.2. The van der Waals surface area contributed by atoms with Crippen LogP contribution in [0.25, 0.3) is 0 Å². The van der Waals surface area contributed by atoms with Gasteiger partial charge < -0.3 is 14.5 Å². The van der Waals surface area contributed by atoms with Gasteiger partial charge in [-0.05, 0) is 48.9 Å². The SMILES string of the molecule is COc1cccc(C(=O)N2CCSC23C(=O)N(Cc2cccc(C#N)c2)c2ccc(C)cc23)c1. The maximum Gasteiger partial charge on any atom is 0.268 e. The van der Waals surface area contributed by atoms with Gasteiger partial charge in [-0.25, -0.2) is 0 Å². The Kier molecular flexibility index (Phi) is 5.54. The van der Waals surface area contributed by atoms with Crippen molar-refractivity contribution in [2.75, 3.05) is 24.3 Å². The molecule has 0 aromatic heterocycles. The Labute approximate surface area is 202 Å². The third kappa shape index (κ3) is 3.42. The van der Waals surface area contributed by atoms with Gasteiger partial charge in [0, 0.05) is 23.4 Å². The summed E-state index contributed by atoms with van der Waals surface area (Å²) in [6, 6.07) is 22.4. The lowest BCUT2D eigenvalue weighted by molar-refractivity contribution is -0.123. The number of anilines is 1. The number of benzene rings is 3. The van der Waals surface area contributed by atoms with Gasteiger partial charge in [-0.3, -0.25) is 9.59 Å². The molecule has 2 aliphatic rings. The van der Waals surface area contributed by atoms with Crippen molar-refractivity contribution in [3.05, 3.63) is 94.5 Å². The zero-order chi connectivity index (χ0) is 23.9. The lowest BCUT2D eigenvalue weighted by atomic mass is 10.0. The van der Waals surface area contributed by atoms with Crippen LogP contribution in [-0.4, -0.2) is 36.1 Å². The van der Waals surface area contributed by atoms with E-state index in [0.717, 1.165) is 22.4 Å². The molecule has 2 heterocycles. The zero-order valence-electron chi connectivity index (χ0n) is 18.9. The molecule has 3 aromatic rings. The van der Waals surface area contributed by atoms with Crippen LogP contribution in [0.15, 0.2) is 66.7 Å². The van der Waals surface area contributed by atoms with E-state index in [2.05, 4.69) is 6.07 Å². The van der Waals surface area contributed by atoms with E-state index < -0.39 is 4.87 Å². The topological polar surface area (TPSA) is 73.6 Å². The molecule has 1 saturated heterocycles. The van der Waals surface area contributed by atoms with Crippen LogP contribution in [0.2, 0.25) is 0 Å². The van der Waals surface area contributed by atoms with Gasteiger partial charge in [-0.1, -0.05) is 35.9 Å². The van der Waals surface area contributed by atoms with Gasteiger partial charge in [0.15, 0.2) is 4.87 Å². The number of nitrogens with zero attached hydrogens (tertiary/aromatic N) is 3. The fourth-order valence-electron chi connectivity index (χ4n) is 4.72. The maximum atomic E-state index is 14.1. The number of nitriles is 1. The Balaban J connectivity index is 1.59. The van der Waals surface area contributed by atoms with E-state index in [1.165, 1.54) is 11.8 Å². The Morgan fingerprint density at radius 1 is 1.15 bits per heavy atom. The minimum Gasteiger partial charge on any atom is -0.497 e. The van der Waals surface area contributed by atoms with Gasteiger partial charge in [-0.2, -0.15) is 5.26 Å². The van der Waals surface area contributed by atoms with Gasteiger partial charge in [0.25, 0.3) is 11.8 Å². The van der Waals surface area contributed by atoms with Crippen molar-refractivity contribution in [1.29, 1.82) is 5.26 Å². The molecule has 0 bridgehead atoms. The molecule has 2 aliphatic heterocycles. The highest BCUT2D eigenvalue weighted by Gasteiger charge is 2.59. The van der Waals surface area contributed by atoms with Crippen molar-refractivity contribution in [1.82, 2.24) is 4.90 Å². The predicted octanol–water partition coefficient (Wildman–Crippen LogP) is 4.46. The Morgan fingerprint density at radius 3 is 2.76 bits per heavy atom. The minimum atomic E-state index is -1.12. The Bertz CT molecular complexity index is 1350. The van der Waals surface area contributed by atoms with E-state index in [9.17, 15) is 14.9 Å². The van der Waals surface area contributed by atoms with E-state index in [1.54, 1.807) is 53.3 Å². The average molecular weight is 470 g/mol. The number of fused-ring (bicyclic) bond motifs is 2. The lowest BCUT2D eigenvalue weighted by Crippen LogP contribution is -2.50. The highest BCUT2D eigenvalue weighted by atomic mass is 32.2.